The van der Waals surface area contributed by atoms with E-state index in [4.69, 9.17) is 4.74 Å². The van der Waals surface area contributed by atoms with E-state index in [1.807, 2.05) is 12.1 Å². The molecule has 17 heavy (non-hydrogen) atoms. The molecule has 0 aliphatic carbocycles. The molecule has 0 bridgehead atoms. The van der Waals surface area contributed by atoms with Gasteiger partial charge >= 0.3 is 0 Å². The van der Waals surface area contributed by atoms with Crippen LogP contribution in [0.3, 0.4) is 0 Å². The lowest BCUT2D eigenvalue weighted by Gasteiger charge is -2.21. The maximum atomic E-state index is 12.1. The van der Waals surface area contributed by atoms with Gasteiger partial charge in [-0.25, -0.2) is 4.39 Å². The SMILES string of the molecule is CC(=O)c1cc(OCCF)cc(C(C)(C)C)c1. The van der Waals surface area contributed by atoms with Crippen LogP contribution in [0.25, 0.3) is 0 Å². The number of ether oxygens (including phenoxy) is 1. The van der Waals surface area contributed by atoms with Crippen LogP contribution in [-0.2, 0) is 5.41 Å². The fourth-order valence-electron chi connectivity index (χ4n) is 1.48. The van der Waals surface area contributed by atoms with Crippen molar-refractivity contribution in [2.24, 2.45) is 0 Å². The van der Waals surface area contributed by atoms with Gasteiger partial charge in [0.15, 0.2) is 5.78 Å². The Balaban J connectivity index is 3.14. The van der Waals surface area contributed by atoms with E-state index in [-0.39, 0.29) is 17.8 Å². The molecule has 3 heteroatoms. The summed E-state index contributed by atoms with van der Waals surface area (Å²) in [5, 5.41) is 0. The molecule has 0 fully saturated rings. The van der Waals surface area contributed by atoms with E-state index in [2.05, 4.69) is 20.8 Å². The lowest BCUT2D eigenvalue weighted by atomic mass is 9.85. The number of carbonyl (C=O) groups is 1. The fourth-order valence-corrected chi connectivity index (χ4v) is 1.48. The van der Waals surface area contributed by atoms with Crippen LogP contribution in [0.5, 0.6) is 5.75 Å². The van der Waals surface area contributed by atoms with E-state index >= 15 is 0 Å². The van der Waals surface area contributed by atoms with Gasteiger partial charge in [-0.3, -0.25) is 4.79 Å². The molecule has 0 N–H and O–H groups in total. The van der Waals surface area contributed by atoms with Crippen LogP contribution < -0.4 is 4.74 Å². The Morgan fingerprint density at radius 2 is 1.94 bits per heavy atom. The molecule has 1 rings (SSSR count). The Morgan fingerprint density at radius 3 is 2.41 bits per heavy atom. The van der Waals surface area contributed by atoms with Crippen molar-refractivity contribution >= 4 is 5.78 Å². The molecule has 0 heterocycles. The minimum absolute atomic E-state index is 0.0128. The first-order valence-electron chi connectivity index (χ1n) is 5.70. The van der Waals surface area contributed by atoms with Crippen LogP contribution in [0.15, 0.2) is 18.2 Å². The summed E-state index contributed by atoms with van der Waals surface area (Å²) in [5.74, 6) is 0.543. The summed E-state index contributed by atoms with van der Waals surface area (Å²) in [5.41, 5.74) is 1.55. The number of carbonyl (C=O) groups excluding carboxylic acids is 1. The number of rotatable bonds is 4. The van der Waals surface area contributed by atoms with Crippen LogP contribution in [0.1, 0.15) is 43.6 Å². The van der Waals surface area contributed by atoms with E-state index in [1.165, 1.54) is 6.92 Å². The third-order valence-corrected chi connectivity index (χ3v) is 2.52. The van der Waals surface area contributed by atoms with Crippen molar-refractivity contribution < 1.29 is 13.9 Å². The summed E-state index contributed by atoms with van der Waals surface area (Å²) in [6, 6.07) is 5.39. The maximum Gasteiger partial charge on any atom is 0.159 e. The second-order valence-electron chi connectivity index (χ2n) is 5.09. The van der Waals surface area contributed by atoms with Gasteiger partial charge in [-0.15, -0.1) is 0 Å². The summed E-state index contributed by atoms with van der Waals surface area (Å²) < 4.78 is 17.3. The van der Waals surface area contributed by atoms with Gasteiger partial charge < -0.3 is 4.74 Å². The molecular weight excluding hydrogens is 219 g/mol. The number of benzene rings is 1. The molecule has 0 saturated carbocycles. The molecule has 0 saturated heterocycles. The molecule has 94 valence electrons. The highest BCUT2D eigenvalue weighted by molar-refractivity contribution is 5.94. The van der Waals surface area contributed by atoms with E-state index in [1.54, 1.807) is 6.07 Å². The highest BCUT2D eigenvalue weighted by Crippen LogP contribution is 2.27. The zero-order valence-corrected chi connectivity index (χ0v) is 10.8. The monoisotopic (exact) mass is 238 g/mol. The Labute approximate surface area is 102 Å². The fraction of sp³-hybridized carbons (Fsp3) is 0.500. The summed E-state index contributed by atoms with van der Waals surface area (Å²) in [6.45, 7) is 7.18. The van der Waals surface area contributed by atoms with Crippen LogP contribution >= 0.6 is 0 Å². The number of Topliss-reactive ketones (excluding diaryl/α,β-unsaturated/α-hetero) is 1. The van der Waals surface area contributed by atoms with Gasteiger partial charge in [0.1, 0.15) is 19.0 Å². The quantitative estimate of drug-likeness (QED) is 0.750. The molecule has 2 nitrogen and oxygen atoms in total. The van der Waals surface area contributed by atoms with E-state index < -0.39 is 6.67 Å². The molecule has 0 unspecified atom stereocenters. The van der Waals surface area contributed by atoms with Crippen LogP contribution in [0.4, 0.5) is 4.39 Å². The largest absolute Gasteiger partial charge is 0.491 e. The number of alkyl halides is 1. The van der Waals surface area contributed by atoms with Gasteiger partial charge in [-0.1, -0.05) is 20.8 Å². The van der Waals surface area contributed by atoms with Gasteiger partial charge in [0, 0.05) is 5.56 Å². The van der Waals surface area contributed by atoms with Crippen molar-refractivity contribution in [1.29, 1.82) is 0 Å². The molecule has 0 aliphatic heterocycles. The average molecular weight is 238 g/mol. The molecule has 0 radical (unpaired) electrons. The zero-order chi connectivity index (χ0) is 13.1. The van der Waals surface area contributed by atoms with Crippen molar-refractivity contribution in [3.8, 4) is 5.75 Å². The lowest BCUT2D eigenvalue weighted by Crippen LogP contribution is -2.13. The van der Waals surface area contributed by atoms with Crippen molar-refractivity contribution in [1.82, 2.24) is 0 Å². The second-order valence-corrected chi connectivity index (χ2v) is 5.09. The third-order valence-electron chi connectivity index (χ3n) is 2.52. The van der Waals surface area contributed by atoms with Gasteiger partial charge in [0.25, 0.3) is 0 Å². The molecule has 1 aromatic carbocycles. The minimum atomic E-state index is -0.533. The highest BCUT2D eigenvalue weighted by Gasteiger charge is 2.16. The predicted octanol–water partition coefficient (Wildman–Crippen LogP) is 3.54. The molecule has 0 aromatic heterocycles. The van der Waals surface area contributed by atoms with Gasteiger partial charge in [0.05, 0.1) is 0 Å². The van der Waals surface area contributed by atoms with Gasteiger partial charge in [0.2, 0.25) is 0 Å². The Morgan fingerprint density at radius 1 is 1.29 bits per heavy atom. The first kappa shape index (κ1) is 13.7. The van der Waals surface area contributed by atoms with Crippen LogP contribution in [0.2, 0.25) is 0 Å². The van der Waals surface area contributed by atoms with E-state index in [0.717, 1.165) is 5.56 Å². The lowest BCUT2D eigenvalue weighted by molar-refractivity contribution is 0.101. The molecule has 0 atom stereocenters. The first-order chi connectivity index (χ1) is 7.84. The van der Waals surface area contributed by atoms with E-state index in [0.29, 0.717) is 11.3 Å². The third kappa shape index (κ3) is 3.84. The Kier molecular flexibility index (Phi) is 4.27. The van der Waals surface area contributed by atoms with Gasteiger partial charge in [-0.05, 0) is 36.1 Å². The molecular formula is C14H19FO2. The smallest absolute Gasteiger partial charge is 0.159 e. The summed E-state index contributed by atoms with van der Waals surface area (Å²) in [7, 11) is 0. The maximum absolute atomic E-state index is 12.1. The number of hydrogen-bond donors (Lipinski definition) is 0. The normalized spacial score (nSPS) is 11.4. The molecule has 1 aromatic rings. The standard InChI is InChI=1S/C14H19FO2/c1-10(16)11-7-12(14(2,3)4)9-13(8-11)17-6-5-15/h7-9H,5-6H2,1-4H3. The van der Waals surface area contributed by atoms with Crippen molar-refractivity contribution in [3.63, 3.8) is 0 Å². The summed E-state index contributed by atoms with van der Waals surface area (Å²) in [6.07, 6.45) is 0. The number of hydrogen-bond acceptors (Lipinski definition) is 2. The number of halogens is 1. The molecule has 0 spiro atoms. The Hall–Kier alpha value is -1.38. The average Bonchev–Trinajstić information content (AvgIpc) is 2.24. The second kappa shape index (κ2) is 5.30. The summed E-state index contributed by atoms with van der Waals surface area (Å²) in [4.78, 5) is 11.4. The van der Waals surface area contributed by atoms with Gasteiger partial charge in [-0.2, -0.15) is 0 Å². The Bertz CT molecular complexity index is 405. The minimum Gasteiger partial charge on any atom is -0.491 e. The first-order valence-corrected chi connectivity index (χ1v) is 5.70. The topological polar surface area (TPSA) is 26.3 Å². The molecule has 0 amide bonds. The van der Waals surface area contributed by atoms with Crippen molar-refractivity contribution in [3.05, 3.63) is 29.3 Å². The zero-order valence-electron chi connectivity index (χ0n) is 10.8. The summed E-state index contributed by atoms with van der Waals surface area (Å²) >= 11 is 0. The highest BCUT2D eigenvalue weighted by atomic mass is 19.1. The van der Waals surface area contributed by atoms with Crippen LogP contribution in [0, 0.1) is 0 Å². The van der Waals surface area contributed by atoms with Crippen molar-refractivity contribution in [2.75, 3.05) is 13.3 Å². The molecule has 0 aliphatic rings. The predicted molar refractivity (Wildman–Crippen MR) is 66.6 cm³/mol. The number of ketones is 1. The van der Waals surface area contributed by atoms with Crippen molar-refractivity contribution in [2.45, 2.75) is 33.1 Å². The van der Waals surface area contributed by atoms with Crippen LogP contribution in [-0.4, -0.2) is 19.1 Å². The van der Waals surface area contributed by atoms with E-state index in [9.17, 15) is 9.18 Å².